The molecule has 3 nitrogen and oxygen atoms in total. The van der Waals surface area contributed by atoms with E-state index in [-0.39, 0.29) is 11.4 Å². The summed E-state index contributed by atoms with van der Waals surface area (Å²) in [5.74, 6) is 0.128. The summed E-state index contributed by atoms with van der Waals surface area (Å²) in [6.45, 7) is 0. The summed E-state index contributed by atoms with van der Waals surface area (Å²) in [6, 6.07) is 17.6. The lowest BCUT2D eigenvalue weighted by Crippen LogP contribution is -2.07. The van der Waals surface area contributed by atoms with Crippen LogP contribution in [-0.4, -0.2) is 9.97 Å². The smallest absolute Gasteiger partial charge is 0.259 e. The number of aromatic nitrogens is 2. The van der Waals surface area contributed by atoms with Gasteiger partial charge in [0, 0.05) is 10.4 Å². The number of H-pyrrole nitrogens is 1. The zero-order chi connectivity index (χ0) is 15.8. The van der Waals surface area contributed by atoms with E-state index < -0.39 is 0 Å². The molecule has 5 heteroatoms. The molecule has 0 saturated heterocycles. The minimum absolute atomic E-state index is 0.187. The van der Waals surface area contributed by atoms with Gasteiger partial charge in [0.2, 0.25) is 0 Å². The average molecular weight is 322 g/mol. The van der Waals surface area contributed by atoms with Gasteiger partial charge in [-0.3, -0.25) is 4.79 Å². The van der Waals surface area contributed by atoms with Gasteiger partial charge in [-0.25, -0.2) is 9.37 Å². The number of halogens is 1. The second kappa shape index (κ2) is 5.44. The van der Waals surface area contributed by atoms with Gasteiger partial charge in [-0.05, 0) is 35.9 Å². The van der Waals surface area contributed by atoms with Crippen LogP contribution in [0.15, 0.2) is 65.5 Å². The van der Waals surface area contributed by atoms with Crippen LogP contribution in [0.1, 0.15) is 0 Å². The van der Waals surface area contributed by atoms with Crippen LogP contribution in [0.25, 0.3) is 32.0 Å². The maximum atomic E-state index is 13.0. The first kappa shape index (κ1) is 13.8. The normalized spacial score (nSPS) is 11.0. The van der Waals surface area contributed by atoms with Crippen molar-refractivity contribution in [1.82, 2.24) is 9.97 Å². The van der Waals surface area contributed by atoms with Crippen LogP contribution in [0.3, 0.4) is 0 Å². The van der Waals surface area contributed by atoms with Crippen molar-refractivity contribution < 1.29 is 4.39 Å². The number of benzene rings is 2. The molecule has 0 aliphatic carbocycles. The Hall–Kier alpha value is -2.79. The van der Waals surface area contributed by atoms with E-state index in [4.69, 9.17) is 0 Å². The van der Waals surface area contributed by atoms with Gasteiger partial charge >= 0.3 is 0 Å². The molecule has 4 aromatic rings. The van der Waals surface area contributed by atoms with Gasteiger partial charge in [-0.15, -0.1) is 11.3 Å². The van der Waals surface area contributed by atoms with Crippen molar-refractivity contribution in [2.24, 2.45) is 0 Å². The maximum absolute atomic E-state index is 13.0. The molecular weight excluding hydrogens is 311 g/mol. The zero-order valence-electron chi connectivity index (χ0n) is 11.9. The summed E-state index contributed by atoms with van der Waals surface area (Å²) in [5.41, 5.74) is 1.55. The Kier molecular flexibility index (Phi) is 3.28. The molecule has 4 rings (SSSR count). The third-order valence-corrected chi connectivity index (χ3v) is 4.66. The van der Waals surface area contributed by atoms with Gasteiger partial charge in [0.1, 0.15) is 16.5 Å². The maximum Gasteiger partial charge on any atom is 0.259 e. The van der Waals surface area contributed by atoms with Gasteiger partial charge in [-0.2, -0.15) is 0 Å². The van der Waals surface area contributed by atoms with Crippen molar-refractivity contribution in [2.75, 3.05) is 0 Å². The summed E-state index contributed by atoms with van der Waals surface area (Å²) in [7, 11) is 0. The minimum Gasteiger partial charge on any atom is -0.306 e. The summed E-state index contributed by atoms with van der Waals surface area (Å²) in [6.07, 6.45) is 0. The summed E-state index contributed by atoms with van der Waals surface area (Å²) in [4.78, 5) is 21.3. The van der Waals surface area contributed by atoms with Gasteiger partial charge in [0.15, 0.2) is 0 Å². The lowest BCUT2D eigenvalue weighted by Gasteiger charge is -2.00. The van der Waals surface area contributed by atoms with Crippen molar-refractivity contribution in [3.8, 4) is 21.8 Å². The predicted molar refractivity (Wildman–Crippen MR) is 91.1 cm³/mol. The van der Waals surface area contributed by atoms with Crippen molar-refractivity contribution in [2.45, 2.75) is 0 Å². The van der Waals surface area contributed by atoms with E-state index in [1.54, 1.807) is 12.1 Å². The molecule has 0 bridgehead atoms. The number of aromatic amines is 1. The van der Waals surface area contributed by atoms with E-state index in [0.29, 0.717) is 21.6 Å². The molecule has 0 aliphatic rings. The Morgan fingerprint density at radius 2 is 1.70 bits per heavy atom. The molecular formula is C18H11FN2OS. The quantitative estimate of drug-likeness (QED) is 0.592. The third kappa shape index (κ3) is 2.55. The zero-order valence-corrected chi connectivity index (χ0v) is 12.7. The predicted octanol–water partition coefficient (Wildman–Crippen LogP) is 4.46. The van der Waals surface area contributed by atoms with Crippen LogP contribution in [-0.2, 0) is 0 Å². The summed E-state index contributed by atoms with van der Waals surface area (Å²) in [5, 5.41) is 0.569. The Bertz CT molecular complexity index is 1040. The van der Waals surface area contributed by atoms with Crippen LogP contribution in [0.4, 0.5) is 4.39 Å². The number of hydrogen-bond donors (Lipinski definition) is 1. The number of rotatable bonds is 2. The van der Waals surface area contributed by atoms with E-state index in [0.717, 1.165) is 10.4 Å². The number of nitrogens with zero attached hydrogens (tertiary/aromatic N) is 1. The minimum atomic E-state index is -0.320. The molecule has 2 aromatic carbocycles. The van der Waals surface area contributed by atoms with Gasteiger partial charge in [0.05, 0.1) is 5.39 Å². The largest absolute Gasteiger partial charge is 0.306 e. The Labute approximate surface area is 135 Å². The van der Waals surface area contributed by atoms with Crippen molar-refractivity contribution in [3.05, 3.63) is 76.8 Å². The molecule has 0 saturated carbocycles. The highest BCUT2D eigenvalue weighted by molar-refractivity contribution is 7.21. The molecule has 0 fully saturated rings. The number of fused-ring (bicyclic) bond motifs is 1. The van der Waals surface area contributed by atoms with E-state index in [1.165, 1.54) is 23.5 Å². The van der Waals surface area contributed by atoms with Crippen molar-refractivity contribution in [3.63, 3.8) is 0 Å². The van der Waals surface area contributed by atoms with Crippen LogP contribution in [0, 0.1) is 5.82 Å². The molecule has 23 heavy (non-hydrogen) atoms. The van der Waals surface area contributed by atoms with E-state index in [2.05, 4.69) is 9.97 Å². The van der Waals surface area contributed by atoms with Crippen LogP contribution >= 0.6 is 11.3 Å². The van der Waals surface area contributed by atoms with Crippen LogP contribution in [0.5, 0.6) is 0 Å². The Morgan fingerprint density at radius 3 is 2.43 bits per heavy atom. The first-order valence-corrected chi connectivity index (χ1v) is 7.87. The number of thiophene rings is 1. The van der Waals surface area contributed by atoms with Crippen LogP contribution < -0.4 is 5.56 Å². The first-order chi connectivity index (χ1) is 11.2. The molecule has 112 valence electrons. The second-order valence-electron chi connectivity index (χ2n) is 5.12. The van der Waals surface area contributed by atoms with E-state index in [9.17, 15) is 9.18 Å². The molecule has 0 unspecified atom stereocenters. The fourth-order valence-corrected chi connectivity index (χ4v) is 3.46. The number of nitrogens with one attached hydrogen (secondary N) is 1. The Morgan fingerprint density at radius 1 is 0.957 bits per heavy atom. The van der Waals surface area contributed by atoms with Crippen LogP contribution in [0.2, 0.25) is 0 Å². The van der Waals surface area contributed by atoms with Gasteiger partial charge in [0.25, 0.3) is 5.56 Å². The SMILES string of the molecule is O=c1[nH]c(-c2ccc(F)cc2)nc2sc(-c3ccccc3)cc12. The van der Waals surface area contributed by atoms with Gasteiger partial charge < -0.3 is 4.98 Å². The van der Waals surface area contributed by atoms with Gasteiger partial charge in [-0.1, -0.05) is 30.3 Å². The van der Waals surface area contributed by atoms with Crippen molar-refractivity contribution in [1.29, 1.82) is 0 Å². The fraction of sp³-hybridized carbons (Fsp3) is 0. The molecule has 0 aliphatic heterocycles. The topological polar surface area (TPSA) is 45.8 Å². The molecule has 0 radical (unpaired) electrons. The highest BCUT2D eigenvalue weighted by Gasteiger charge is 2.11. The average Bonchev–Trinajstić information content (AvgIpc) is 3.01. The lowest BCUT2D eigenvalue weighted by molar-refractivity contribution is 0.628. The highest BCUT2D eigenvalue weighted by atomic mass is 32.1. The van der Waals surface area contributed by atoms with E-state index in [1.807, 2.05) is 36.4 Å². The standard InChI is InChI=1S/C18H11FN2OS/c19-13-8-6-12(7-9-13)16-20-17(22)14-10-15(23-18(14)21-16)11-4-2-1-3-5-11/h1-10H,(H,20,21,22). The third-order valence-electron chi connectivity index (χ3n) is 3.58. The molecule has 0 spiro atoms. The monoisotopic (exact) mass is 322 g/mol. The lowest BCUT2D eigenvalue weighted by atomic mass is 10.2. The number of hydrogen-bond acceptors (Lipinski definition) is 3. The Balaban J connectivity index is 1.87. The summed E-state index contributed by atoms with van der Waals surface area (Å²) >= 11 is 1.47. The molecule has 0 amide bonds. The second-order valence-corrected chi connectivity index (χ2v) is 6.15. The molecule has 2 aromatic heterocycles. The highest BCUT2D eigenvalue weighted by Crippen LogP contribution is 2.31. The van der Waals surface area contributed by atoms with E-state index >= 15 is 0 Å². The molecule has 0 atom stereocenters. The molecule has 1 N–H and O–H groups in total. The summed E-state index contributed by atoms with van der Waals surface area (Å²) < 4.78 is 13.0. The fourth-order valence-electron chi connectivity index (χ4n) is 2.42. The van der Waals surface area contributed by atoms with Crippen molar-refractivity contribution >= 4 is 21.6 Å². The molecule has 2 heterocycles. The first-order valence-electron chi connectivity index (χ1n) is 7.06.